The van der Waals surface area contributed by atoms with Crippen molar-refractivity contribution in [3.05, 3.63) is 16.6 Å². The molecule has 20 heavy (non-hydrogen) atoms. The predicted molar refractivity (Wildman–Crippen MR) is 75.5 cm³/mol. The first-order chi connectivity index (χ1) is 9.56. The van der Waals surface area contributed by atoms with Gasteiger partial charge in [0, 0.05) is 18.5 Å². The van der Waals surface area contributed by atoms with E-state index in [1.165, 1.54) is 11.3 Å². The third-order valence-corrected chi connectivity index (χ3v) is 4.27. The zero-order chi connectivity index (χ0) is 14.5. The quantitative estimate of drug-likeness (QED) is 0.889. The normalized spacial score (nSPS) is 22.2. The van der Waals surface area contributed by atoms with Gasteiger partial charge in [0.05, 0.1) is 23.7 Å². The maximum Gasteiger partial charge on any atom is 0.317 e. The minimum atomic E-state index is -0.726. The summed E-state index contributed by atoms with van der Waals surface area (Å²) in [6.07, 6.45) is 2.73. The second-order valence-corrected chi connectivity index (χ2v) is 5.89. The third kappa shape index (κ3) is 3.93. The Kier molecular flexibility index (Phi) is 4.94. The molecule has 0 aliphatic heterocycles. The van der Waals surface area contributed by atoms with Crippen molar-refractivity contribution in [1.29, 1.82) is 0 Å². The number of nitrogens with zero attached hydrogens (tertiary/aromatic N) is 2. The van der Waals surface area contributed by atoms with Crippen LogP contribution in [0.25, 0.3) is 0 Å². The molecule has 1 heterocycles. The van der Waals surface area contributed by atoms with Crippen molar-refractivity contribution < 1.29 is 14.7 Å². The van der Waals surface area contributed by atoms with Crippen molar-refractivity contribution in [3.8, 4) is 0 Å². The molecule has 1 aromatic heterocycles. The van der Waals surface area contributed by atoms with Crippen LogP contribution in [-0.2, 0) is 11.3 Å². The summed E-state index contributed by atoms with van der Waals surface area (Å²) in [5.74, 6) is -0.980. The number of hydrogen-bond donors (Lipinski definition) is 2. The van der Waals surface area contributed by atoms with Crippen molar-refractivity contribution in [2.75, 3.05) is 7.05 Å². The van der Waals surface area contributed by atoms with Crippen molar-refractivity contribution in [2.24, 2.45) is 5.92 Å². The molecule has 0 saturated heterocycles. The number of aliphatic carboxylic acids is 1. The summed E-state index contributed by atoms with van der Waals surface area (Å²) in [6.45, 7) is 0.486. The SMILES string of the molecule is CN(Cc1cscn1)C(=O)NC1CCC(C(=O)O)CC1. The Morgan fingerprint density at radius 2 is 2.15 bits per heavy atom. The minimum Gasteiger partial charge on any atom is -0.481 e. The van der Waals surface area contributed by atoms with Crippen LogP contribution < -0.4 is 5.32 Å². The van der Waals surface area contributed by atoms with Crippen LogP contribution in [0, 0.1) is 5.92 Å². The van der Waals surface area contributed by atoms with E-state index < -0.39 is 5.97 Å². The van der Waals surface area contributed by atoms with Crippen LogP contribution in [0.2, 0.25) is 0 Å². The molecule has 6 nitrogen and oxygen atoms in total. The highest BCUT2D eigenvalue weighted by Crippen LogP contribution is 2.24. The minimum absolute atomic E-state index is 0.0796. The van der Waals surface area contributed by atoms with E-state index in [-0.39, 0.29) is 18.0 Å². The zero-order valence-corrected chi connectivity index (χ0v) is 12.2. The average molecular weight is 297 g/mol. The fourth-order valence-corrected chi connectivity index (χ4v) is 2.95. The monoisotopic (exact) mass is 297 g/mol. The van der Waals surface area contributed by atoms with E-state index >= 15 is 0 Å². The molecule has 0 unspecified atom stereocenters. The fourth-order valence-electron chi connectivity index (χ4n) is 2.40. The van der Waals surface area contributed by atoms with Crippen LogP contribution >= 0.6 is 11.3 Å². The number of nitrogens with one attached hydrogen (secondary N) is 1. The summed E-state index contributed by atoms with van der Waals surface area (Å²) >= 11 is 1.51. The van der Waals surface area contributed by atoms with Crippen molar-refractivity contribution in [1.82, 2.24) is 15.2 Å². The van der Waals surface area contributed by atoms with Gasteiger partial charge in [-0.05, 0) is 25.7 Å². The molecule has 0 aromatic carbocycles. The number of amides is 2. The number of thiazole rings is 1. The molecule has 110 valence electrons. The Labute approximate surface area is 121 Å². The molecular weight excluding hydrogens is 278 g/mol. The van der Waals surface area contributed by atoms with E-state index in [1.54, 1.807) is 17.5 Å². The first-order valence-electron chi connectivity index (χ1n) is 6.67. The zero-order valence-electron chi connectivity index (χ0n) is 11.4. The van der Waals surface area contributed by atoms with E-state index in [0.717, 1.165) is 18.5 Å². The van der Waals surface area contributed by atoms with Gasteiger partial charge in [-0.25, -0.2) is 9.78 Å². The van der Waals surface area contributed by atoms with Gasteiger partial charge in [0.15, 0.2) is 0 Å². The summed E-state index contributed by atoms with van der Waals surface area (Å²) in [7, 11) is 1.73. The van der Waals surface area contributed by atoms with Gasteiger partial charge in [0.1, 0.15) is 0 Å². The second kappa shape index (κ2) is 6.69. The molecular formula is C13H19N3O3S. The highest BCUT2D eigenvalue weighted by atomic mass is 32.1. The molecule has 1 aromatic rings. The lowest BCUT2D eigenvalue weighted by atomic mass is 9.86. The highest BCUT2D eigenvalue weighted by molar-refractivity contribution is 7.07. The number of carboxylic acids is 1. The first-order valence-corrected chi connectivity index (χ1v) is 7.62. The summed E-state index contributed by atoms with van der Waals surface area (Å²) < 4.78 is 0. The van der Waals surface area contributed by atoms with Gasteiger partial charge >= 0.3 is 12.0 Å². The Hall–Kier alpha value is -1.63. The van der Waals surface area contributed by atoms with Gasteiger partial charge in [-0.15, -0.1) is 11.3 Å². The van der Waals surface area contributed by atoms with E-state index in [9.17, 15) is 9.59 Å². The van der Waals surface area contributed by atoms with Crippen LogP contribution in [-0.4, -0.2) is 40.1 Å². The number of urea groups is 1. The fraction of sp³-hybridized carbons (Fsp3) is 0.615. The number of aromatic nitrogens is 1. The molecule has 0 spiro atoms. The largest absolute Gasteiger partial charge is 0.481 e. The topological polar surface area (TPSA) is 82.5 Å². The Balaban J connectivity index is 1.76. The number of rotatable bonds is 4. The second-order valence-electron chi connectivity index (χ2n) is 5.17. The Morgan fingerprint density at radius 3 is 2.70 bits per heavy atom. The maximum absolute atomic E-state index is 12.0. The first kappa shape index (κ1) is 14.8. The van der Waals surface area contributed by atoms with Gasteiger partial charge in [-0.1, -0.05) is 0 Å². The lowest BCUT2D eigenvalue weighted by Crippen LogP contribution is -2.44. The van der Waals surface area contributed by atoms with E-state index in [4.69, 9.17) is 5.11 Å². The molecule has 1 aliphatic carbocycles. The van der Waals surface area contributed by atoms with E-state index in [0.29, 0.717) is 19.4 Å². The molecule has 0 atom stereocenters. The van der Waals surface area contributed by atoms with Gasteiger partial charge in [0.2, 0.25) is 0 Å². The van der Waals surface area contributed by atoms with E-state index in [2.05, 4.69) is 10.3 Å². The molecule has 1 fully saturated rings. The standard InChI is InChI=1S/C13H19N3O3S/c1-16(6-11-7-20-8-14-11)13(19)15-10-4-2-9(3-5-10)12(17)18/h7-10H,2-6H2,1H3,(H,15,19)(H,17,18). The van der Waals surface area contributed by atoms with Crippen LogP contribution in [0.3, 0.4) is 0 Å². The van der Waals surface area contributed by atoms with Crippen molar-refractivity contribution in [3.63, 3.8) is 0 Å². The summed E-state index contributed by atoms with van der Waals surface area (Å²) in [5, 5.41) is 13.8. The summed E-state index contributed by atoms with van der Waals surface area (Å²) in [5.41, 5.74) is 2.62. The van der Waals surface area contributed by atoms with E-state index in [1.807, 2.05) is 5.38 Å². The van der Waals surface area contributed by atoms with Gasteiger partial charge < -0.3 is 15.3 Å². The van der Waals surface area contributed by atoms with Crippen molar-refractivity contribution in [2.45, 2.75) is 38.3 Å². The number of carboxylic acid groups (broad SMARTS) is 1. The number of hydrogen-bond acceptors (Lipinski definition) is 4. The van der Waals surface area contributed by atoms with Crippen LogP contribution in [0.4, 0.5) is 4.79 Å². The molecule has 1 aliphatic rings. The maximum atomic E-state index is 12.0. The average Bonchev–Trinajstić information content (AvgIpc) is 2.92. The molecule has 0 radical (unpaired) electrons. The Bertz CT molecular complexity index is 455. The molecule has 2 N–H and O–H groups in total. The molecule has 7 heteroatoms. The Morgan fingerprint density at radius 1 is 1.45 bits per heavy atom. The third-order valence-electron chi connectivity index (χ3n) is 3.63. The van der Waals surface area contributed by atoms with Crippen LogP contribution in [0.5, 0.6) is 0 Å². The molecule has 1 saturated carbocycles. The lowest BCUT2D eigenvalue weighted by molar-refractivity contribution is -0.142. The number of carbonyl (C=O) groups is 2. The van der Waals surface area contributed by atoms with Crippen LogP contribution in [0.15, 0.2) is 10.9 Å². The molecule has 0 bridgehead atoms. The van der Waals surface area contributed by atoms with Gasteiger partial charge in [0.25, 0.3) is 0 Å². The lowest BCUT2D eigenvalue weighted by Gasteiger charge is -2.28. The summed E-state index contributed by atoms with van der Waals surface area (Å²) in [4.78, 5) is 28.6. The summed E-state index contributed by atoms with van der Waals surface area (Å²) in [6, 6.07) is -0.0484. The van der Waals surface area contributed by atoms with Crippen LogP contribution in [0.1, 0.15) is 31.4 Å². The van der Waals surface area contributed by atoms with Gasteiger partial charge in [-0.3, -0.25) is 4.79 Å². The number of carbonyl (C=O) groups excluding carboxylic acids is 1. The molecule has 2 amide bonds. The highest BCUT2D eigenvalue weighted by Gasteiger charge is 2.27. The van der Waals surface area contributed by atoms with Crippen molar-refractivity contribution >= 4 is 23.3 Å². The van der Waals surface area contributed by atoms with Gasteiger partial charge in [-0.2, -0.15) is 0 Å². The smallest absolute Gasteiger partial charge is 0.317 e. The predicted octanol–water partition coefficient (Wildman–Crippen LogP) is 1.93. The molecule has 2 rings (SSSR count).